The smallest absolute Gasteiger partial charge is 0.475 e. The van der Waals surface area contributed by atoms with E-state index in [1.54, 1.807) is 0 Å². The molecule has 3 rings (SSSR count). The molecule has 2 heterocycles. The van der Waals surface area contributed by atoms with Crippen LogP contribution in [0.1, 0.15) is 18.4 Å². The Labute approximate surface area is 156 Å². The third kappa shape index (κ3) is 6.41. The van der Waals surface area contributed by atoms with Crippen LogP contribution in [0.15, 0.2) is 24.3 Å². The summed E-state index contributed by atoms with van der Waals surface area (Å²) in [4.78, 5) is 14.0. The van der Waals surface area contributed by atoms with Crippen LogP contribution >= 0.6 is 0 Å². The Balaban J connectivity index is 0.000000321. The van der Waals surface area contributed by atoms with E-state index in [1.165, 1.54) is 31.6 Å². The number of nitrogens with zero attached hydrogens (tertiary/aromatic N) is 3. The molecule has 2 aliphatic heterocycles. The Morgan fingerprint density at radius 3 is 2.07 bits per heavy atom. The first-order valence-corrected chi connectivity index (χ1v) is 8.81. The maximum atomic E-state index is 10.6. The number of carboxylic acids is 1. The minimum Gasteiger partial charge on any atom is -0.475 e. The van der Waals surface area contributed by atoms with Gasteiger partial charge in [0.2, 0.25) is 0 Å². The molecule has 0 bridgehead atoms. The normalized spacial score (nSPS) is 19.0. The number of piperidine rings is 1. The number of alkyl halides is 3. The Kier molecular flexibility index (Phi) is 7.45. The number of aliphatic carboxylic acids is 1. The number of piperazine rings is 1. The van der Waals surface area contributed by atoms with E-state index < -0.39 is 12.1 Å². The van der Waals surface area contributed by atoms with Crippen molar-refractivity contribution >= 4 is 11.7 Å². The molecule has 0 atom stereocenters. The highest BCUT2D eigenvalue weighted by atomic mass is 19.4. The van der Waals surface area contributed by atoms with Crippen LogP contribution in [0.5, 0.6) is 0 Å². The molecule has 0 saturated carbocycles. The van der Waals surface area contributed by atoms with Gasteiger partial charge in [0.05, 0.1) is 11.6 Å². The number of carboxylic acid groups (broad SMARTS) is 1. The van der Waals surface area contributed by atoms with E-state index in [4.69, 9.17) is 15.2 Å². The molecule has 2 saturated heterocycles. The maximum Gasteiger partial charge on any atom is 0.490 e. The van der Waals surface area contributed by atoms with Crippen molar-refractivity contribution in [2.24, 2.45) is 0 Å². The van der Waals surface area contributed by atoms with Crippen LogP contribution in [-0.4, -0.2) is 67.5 Å². The summed E-state index contributed by atoms with van der Waals surface area (Å²) < 4.78 is 31.7. The quantitative estimate of drug-likeness (QED) is 0.813. The lowest BCUT2D eigenvalue weighted by Crippen LogP contribution is -2.52. The summed E-state index contributed by atoms with van der Waals surface area (Å²) >= 11 is 0. The Morgan fingerprint density at radius 2 is 1.63 bits per heavy atom. The summed E-state index contributed by atoms with van der Waals surface area (Å²) in [5.41, 5.74) is 1.98. The summed E-state index contributed by atoms with van der Waals surface area (Å²) in [6.07, 6.45) is -2.51. The van der Waals surface area contributed by atoms with Crippen molar-refractivity contribution in [3.63, 3.8) is 0 Å². The van der Waals surface area contributed by atoms with E-state index >= 15 is 0 Å². The second-order valence-corrected chi connectivity index (χ2v) is 6.47. The molecule has 0 amide bonds. The van der Waals surface area contributed by atoms with Gasteiger partial charge in [-0.25, -0.2) is 4.79 Å². The zero-order valence-electron chi connectivity index (χ0n) is 14.9. The lowest BCUT2D eigenvalue weighted by molar-refractivity contribution is -0.192. The first-order chi connectivity index (χ1) is 12.8. The highest BCUT2D eigenvalue weighted by Gasteiger charge is 2.38. The van der Waals surface area contributed by atoms with Crippen LogP contribution < -0.4 is 10.2 Å². The van der Waals surface area contributed by atoms with Gasteiger partial charge in [-0.05, 0) is 50.2 Å². The number of hydrogen-bond acceptors (Lipinski definition) is 5. The largest absolute Gasteiger partial charge is 0.490 e. The van der Waals surface area contributed by atoms with Crippen molar-refractivity contribution in [2.75, 3.05) is 44.2 Å². The molecule has 0 radical (unpaired) electrons. The summed E-state index contributed by atoms with van der Waals surface area (Å²) in [6.45, 7) is 6.84. The minimum atomic E-state index is -5.08. The molecule has 0 aliphatic carbocycles. The molecule has 2 fully saturated rings. The second-order valence-electron chi connectivity index (χ2n) is 6.47. The van der Waals surface area contributed by atoms with Crippen molar-refractivity contribution in [1.82, 2.24) is 10.2 Å². The molecule has 1 aromatic carbocycles. The minimum absolute atomic E-state index is 0.738. The number of halogens is 3. The van der Waals surface area contributed by atoms with E-state index in [0.29, 0.717) is 0 Å². The number of carbonyl (C=O) groups is 1. The molecule has 2 aliphatic rings. The summed E-state index contributed by atoms with van der Waals surface area (Å²) in [7, 11) is 0. The molecular weight excluding hydrogens is 361 g/mol. The molecule has 148 valence electrons. The van der Waals surface area contributed by atoms with Crippen LogP contribution in [0.4, 0.5) is 18.9 Å². The monoisotopic (exact) mass is 384 g/mol. The van der Waals surface area contributed by atoms with Gasteiger partial charge in [0.1, 0.15) is 0 Å². The number of rotatable bonds is 2. The molecule has 2 N–H and O–H groups in total. The van der Waals surface area contributed by atoms with E-state index in [-0.39, 0.29) is 0 Å². The van der Waals surface area contributed by atoms with Crippen LogP contribution in [0.25, 0.3) is 0 Å². The van der Waals surface area contributed by atoms with Gasteiger partial charge in [0, 0.05) is 37.9 Å². The van der Waals surface area contributed by atoms with Crippen molar-refractivity contribution in [3.8, 4) is 6.07 Å². The topological polar surface area (TPSA) is 79.6 Å². The number of hydrogen-bond donors (Lipinski definition) is 2. The Morgan fingerprint density at radius 1 is 1.11 bits per heavy atom. The van der Waals surface area contributed by atoms with Crippen molar-refractivity contribution in [2.45, 2.75) is 25.1 Å². The van der Waals surface area contributed by atoms with Gasteiger partial charge in [-0.1, -0.05) is 0 Å². The lowest BCUT2D eigenvalue weighted by Gasteiger charge is -2.41. The third-order valence-electron chi connectivity index (χ3n) is 4.74. The van der Waals surface area contributed by atoms with E-state index in [2.05, 4.69) is 33.3 Å². The molecule has 27 heavy (non-hydrogen) atoms. The average Bonchev–Trinajstić information content (AvgIpc) is 2.69. The molecule has 0 spiro atoms. The van der Waals surface area contributed by atoms with Gasteiger partial charge >= 0.3 is 12.1 Å². The van der Waals surface area contributed by atoms with Gasteiger partial charge in [-0.3, -0.25) is 4.90 Å². The van der Waals surface area contributed by atoms with Crippen LogP contribution in [0.2, 0.25) is 0 Å². The second kappa shape index (κ2) is 9.58. The SMILES string of the molecule is N#Cc1ccc(N2CCN(C3CCNCC3)CC2)cc1.O=C(O)C(F)(F)F. The first-order valence-electron chi connectivity index (χ1n) is 8.81. The average molecular weight is 384 g/mol. The van der Waals surface area contributed by atoms with Crippen LogP contribution in [-0.2, 0) is 4.79 Å². The van der Waals surface area contributed by atoms with Gasteiger partial charge in [-0.15, -0.1) is 0 Å². The fraction of sp³-hybridized carbons (Fsp3) is 0.556. The predicted octanol–water partition coefficient (Wildman–Crippen LogP) is 2.07. The van der Waals surface area contributed by atoms with Gasteiger partial charge in [0.15, 0.2) is 0 Å². The number of nitrogens with one attached hydrogen (secondary N) is 1. The summed E-state index contributed by atoms with van der Waals surface area (Å²) in [5, 5.41) is 19.4. The standard InChI is InChI=1S/C16H22N4.C2HF3O2/c17-13-14-1-3-15(4-2-14)19-9-11-20(12-10-19)16-5-7-18-8-6-16;3-2(4,5)1(6)7/h1-4,16,18H,5-12H2;(H,6,7). The van der Waals surface area contributed by atoms with Crippen LogP contribution in [0, 0.1) is 11.3 Å². The molecule has 1 aromatic rings. The van der Waals surface area contributed by atoms with E-state index in [0.717, 1.165) is 37.8 Å². The van der Waals surface area contributed by atoms with Crippen molar-refractivity contribution < 1.29 is 23.1 Å². The predicted molar refractivity (Wildman–Crippen MR) is 94.5 cm³/mol. The highest BCUT2D eigenvalue weighted by Crippen LogP contribution is 2.20. The molecular formula is C18H23F3N4O2. The van der Waals surface area contributed by atoms with Gasteiger partial charge < -0.3 is 15.3 Å². The highest BCUT2D eigenvalue weighted by molar-refractivity contribution is 5.73. The van der Waals surface area contributed by atoms with Crippen molar-refractivity contribution in [3.05, 3.63) is 29.8 Å². The van der Waals surface area contributed by atoms with E-state index in [9.17, 15) is 13.2 Å². The zero-order chi connectivity index (χ0) is 19.9. The van der Waals surface area contributed by atoms with Crippen LogP contribution in [0.3, 0.4) is 0 Å². The number of anilines is 1. The Bertz CT molecular complexity index is 644. The fourth-order valence-electron chi connectivity index (χ4n) is 3.26. The number of benzene rings is 1. The van der Waals surface area contributed by atoms with Gasteiger partial charge in [0.25, 0.3) is 0 Å². The molecule has 6 nitrogen and oxygen atoms in total. The third-order valence-corrected chi connectivity index (χ3v) is 4.74. The molecule has 0 aromatic heterocycles. The zero-order valence-corrected chi connectivity index (χ0v) is 14.9. The number of nitriles is 1. The molecule has 0 unspecified atom stereocenters. The first kappa shape index (κ1) is 21.0. The maximum absolute atomic E-state index is 10.6. The van der Waals surface area contributed by atoms with Crippen molar-refractivity contribution in [1.29, 1.82) is 5.26 Å². The van der Waals surface area contributed by atoms with E-state index in [1.807, 2.05) is 12.1 Å². The van der Waals surface area contributed by atoms with Gasteiger partial charge in [-0.2, -0.15) is 18.4 Å². The summed E-state index contributed by atoms with van der Waals surface area (Å²) in [5.74, 6) is -2.76. The summed E-state index contributed by atoms with van der Waals surface area (Å²) in [6, 6.07) is 10.9. The Hall–Kier alpha value is -2.31. The molecule has 9 heteroatoms. The fourth-order valence-corrected chi connectivity index (χ4v) is 3.26. The lowest BCUT2D eigenvalue weighted by atomic mass is 10.0.